The number of nitrogens with two attached hydrogens (primary N) is 1. The molecule has 100 valence electrons. The van der Waals surface area contributed by atoms with Crippen LogP contribution in [0.15, 0.2) is 0 Å². The summed E-state index contributed by atoms with van der Waals surface area (Å²) < 4.78 is 0. The molecule has 0 radical (unpaired) electrons. The van der Waals surface area contributed by atoms with E-state index in [-0.39, 0.29) is 11.8 Å². The van der Waals surface area contributed by atoms with Gasteiger partial charge in [0.15, 0.2) is 0 Å². The van der Waals surface area contributed by atoms with Crippen LogP contribution in [0.5, 0.6) is 0 Å². The molecular formula is C13H27N3O. The minimum absolute atomic E-state index is 0.00277. The van der Waals surface area contributed by atoms with Gasteiger partial charge in [-0.3, -0.25) is 4.79 Å². The Hall–Kier alpha value is -0.610. The van der Waals surface area contributed by atoms with Crippen LogP contribution in [0.25, 0.3) is 0 Å². The van der Waals surface area contributed by atoms with Crippen LogP contribution < -0.4 is 11.1 Å². The molecule has 0 saturated carbocycles. The van der Waals surface area contributed by atoms with Gasteiger partial charge in [-0.15, -0.1) is 0 Å². The lowest BCUT2D eigenvalue weighted by molar-refractivity contribution is -0.126. The molecule has 2 atom stereocenters. The maximum atomic E-state index is 12.0. The van der Waals surface area contributed by atoms with E-state index in [9.17, 15) is 4.79 Å². The normalized spacial score (nSPS) is 23.4. The van der Waals surface area contributed by atoms with Crippen molar-refractivity contribution >= 4 is 5.91 Å². The topological polar surface area (TPSA) is 58.4 Å². The first-order valence-electron chi connectivity index (χ1n) is 6.94. The minimum Gasteiger partial charge on any atom is -0.352 e. The maximum absolute atomic E-state index is 12.0. The van der Waals surface area contributed by atoms with Gasteiger partial charge in [-0.25, -0.2) is 0 Å². The number of nitrogens with zero attached hydrogens (tertiary/aromatic N) is 1. The van der Waals surface area contributed by atoms with Gasteiger partial charge < -0.3 is 16.0 Å². The predicted octanol–water partition coefficient (Wildman–Crippen LogP) is 0.962. The van der Waals surface area contributed by atoms with E-state index >= 15 is 0 Å². The number of hydrogen-bond acceptors (Lipinski definition) is 3. The summed E-state index contributed by atoms with van der Waals surface area (Å²) in [7, 11) is 0. The highest BCUT2D eigenvalue weighted by Gasteiger charge is 2.23. The molecular weight excluding hydrogens is 214 g/mol. The first-order chi connectivity index (χ1) is 8.21. The number of likely N-dealkylation sites (tertiary alicyclic amines) is 1. The average Bonchev–Trinajstić information content (AvgIpc) is 2.36. The Balaban J connectivity index is 2.38. The fraction of sp³-hybridized carbons (Fsp3) is 0.923. The van der Waals surface area contributed by atoms with Crippen molar-refractivity contribution in [2.24, 2.45) is 11.7 Å². The van der Waals surface area contributed by atoms with Crippen LogP contribution in [0.1, 0.15) is 39.5 Å². The van der Waals surface area contributed by atoms with Gasteiger partial charge in [0.25, 0.3) is 0 Å². The number of likely N-dealkylation sites (N-methyl/N-ethyl adjacent to an activating group) is 1. The number of amides is 1. The molecule has 4 nitrogen and oxygen atoms in total. The molecule has 17 heavy (non-hydrogen) atoms. The van der Waals surface area contributed by atoms with Crippen LogP contribution in [0, 0.1) is 5.92 Å². The molecule has 0 bridgehead atoms. The standard InChI is InChI=1S/C13H27N3O/c1-3-6-11(9-14)13(17)15-12-7-5-8-16(4-2)10-12/h11-12H,3-10,14H2,1-2H3,(H,15,17). The van der Waals surface area contributed by atoms with Gasteiger partial charge in [0.1, 0.15) is 0 Å². The SMILES string of the molecule is CCCC(CN)C(=O)NC1CCCN(CC)C1. The smallest absolute Gasteiger partial charge is 0.224 e. The van der Waals surface area contributed by atoms with Crippen molar-refractivity contribution in [2.75, 3.05) is 26.2 Å². The molecule has 0 spiro atoms. The number of carbonyl (C=O) groups is 1. The number of hydrogen-bond donors (Lipinski definition) is 2. The van der Waals surface area contributed by atoms with Gasteiger partial charge in [-0.05, 0) is 32.4 Å². The fourth-order valence-corrected chi connectivity index (χ4v) is 2.48. The Morgan fingerprint density at radius 1 is 1.53 bits per heavy atom. The van der Waals surface area contributed by atoms with Crippen molar-refractivity contribution in [1.82, 2.24) is 10.2 Å². The Bertz CT molecular complexity index is 233. The summed E-state index contributed by atoms with van der Waals surface area (Å²) in [5.41, 5.74) is 5.65. The third-order valence-corrected chi connectivity index (χ3v) is 3.59. The minimum atomic E-state index is -0.00277. The van der Waals surface area contributed by atoms with Crippen molar-refractivity contribution in [3.63, 3.8) is 0 Å². The first kappa shape index (κ1) is 14.5. The number of rotatable bonds is 6. The molecule has 0 aromatic heterocycles. The molecule has 0 aromatic carbocycles. The highest BCUT2D eigenvalue weighted by Crippen LogP contribution is 2.11. The zero-order valence-electron chi connectivity index (χ0n) is 11.2. The van der Waals surface area contributed by atoms with Crippen molar-refractivity contribution < 1.29 is 4.79 Å². The molecule has 0 aliphatic carbocycles. The van der Waals surface area contributed by atoms with Gasteiger partial charge in [-0.2, -0.15) is 0 Å². The maximum Gasteiger partial charge on any atom is 0.224 e. The van der Waals surface area contributed by atoms with Crippen molar-refractivity contribution in [3.05, 3.63) is 0 Å². The summed E-state index contributed by atoms with van der Waals surface area (Å²) in [4.78, 5) is 14.4. The molecule has 3 N–H and O–H groups in total. The van der Waals surface area contributed by atoms with Crippen LogP contribution >= 0.6 is 0 Å². The van der Waals surface area contributed by atoms with E-state index in [2.05, 4.69) is 24.1 Å². The zero-order valence-corrected chi connectivity index (χ0v) is 11.2. The summed E-state index contributed by atoms with van der Waals surface area (Å²) in [6, 6.07) is 0.321. The van der Waals surface area contributed by atoms with Crippen LogP contribution in [-0.2, 0) is 4.79 Å². The Morgan fingerprint density at radius 2 is 2.29 bits per heavy atom. The average molecular weight is 241 g/mol. The van der Waals surface area contributed by atoms with E-state index in [0.29, 0.717) is 12.6 Å². The second kappa shape index (κ2) is 7.67. The Labute approximate surface area is 105 Å². The molecule has 1 heterocycles. The largest absolute Gasteiger partial charge is 0.352 e. The molecule has 1 aliphatic heterocycles. The van der Waals surface area contributed by atoms with E-state index in [1.165, 1.54) is 6.42 Å². The summed E-state index contributed by atoms with van der Waals surface area (Å²) >= 11 is 0. The zero-order chi connectivity index (χ0) is 12.7. The molecule has 1 rings (SSSR count). The van der Waals surface area contributed by atoms with Crippen LogP contribution in [0.3, 0.4) is 0 Å². The second-order valence-electron chi connectivity index (χ2n) is 4.96. The molecule has 1 fully saturated rings. The van der Waals surface area contributed by atoms with E-state index in [4.69, 9.17) is 5.73 Å². The van der Waals surface area contributed by atoms with Crippen LogP contribution in [-0.4, -0.2) is 43.0 Å². The third-order valence-electron chi connectivity index (χ3n) is 3.59. The lowest BCUT2D eigenvalue weighted by Gasteiger charge is -2.33. The van der Waals surface area contributed by atoms with E-state index < -0.39 is 0 Å². The highest BCUT2D eigenvalue weighted by atomic mass is 16.2. The summed E-state index contributed by atoms with van der Waals surface area (Å²) in [5, 5.41) is 3.16. The monoisotopic (exact) mass is 241 g/mol. The van der Waals surface area contributed by atoms with E-state index in [1.807, 2.05) is 0 Å². The third kappa shape index (κ3) is 4.64. The van der Waals surface area contributed by atoms with Gasteiger partial charge in [0.05, 0.1) is 5.92 Å². The predicted molar refractivity (Wildman–Crippen MR) is 70.7 cm³/mol. The number of carbonyl (C=O) groups excluding carboxylic acids is 1. The van der Waals surface area contributed by atoms with Crippen molar-refractivity contribution in [3.8, 4) is 0 Å². The summed E-state index contributed by atoms with van der Waals surface area (Å²) in [6.07, 6.45) is 4.19. The molecule has 1 amide bonds. The second-order valence-corrected chi connectivity index (χ2v) is 4.96. The van der Waals surface area contributed by atoms with Crippen LogP contribution in [0.4, 0.5) is 0 Å². The molecule has 1 saturated heterocycles. The van der Waals surface area contributed by atoms with Crippen LogP contribution in [0.2, 0.25) is 0 Å². The number of piperidine rings is 1. The summed E-state index contributed by atoms with van der Waals surface area (Å²) in [5.74, 6) is 0.148. The molecule has 4 heteroatoms. The lowest BCUT2D eigenvalue weighted by Crippen LogP contribution is -2.49. The fourth-order valence-electron chi connectivity index (χ4n) is 2.48. The molecule has 0 aromatic rings. The molecule has 2 unspecified atom stereocenters. The lowest BCUT2D eigenvalue weighted by atomic mass is 10.0. The van der Waals surface area contributed by atoms with Crippen molar-refractivity contribution in [2.45, 2.75) is 45.6 Å². The van der Waals surface area contributed by atoms with E-state index in [1.54, 1.807) is 0 Å². The Kier molecular flexibility index (Phi) is 6.52. The van der Waals surface area contributed by atoms with Gasteiger partial charge in [0.2, 0.25) is 5.91 Å². The summed E-state index contributed by atoms with van der Waals surface area (Å²) in [6.45, 7) is 7.95. The first-order valence-corrected chi connectivity index (χ1v) is 6.94. The van der Waals surface area contributed by atoms with Gasteiger partial charge in [0, 0.05) is 19.1 Å². The van der Waals surface area contributed by atoms with Crippen molar-refractivity contribution in [1.29, 1.82) is 0 Å². The van der Waals surface area contributed by atoms with Gasteiger partial charge in [-0.1, -0.05) is 20.3 Å². The molecule has 1 aliphatic rings. The van der Waals surface area contributed by atoms with Gasteiger partial charge >= 0.3 is 0 Å². The quantitative estimate of drug-likeness (QED) is 0.728. The number of nitrogens with one attached hydrogen (secondary N) is 1. The Morgan fingerprint density at radius 3 is 2.88 bits per heavy atom. The highest BCUT2D eigenvalue weighted by molar-refractivity contribution is 5.79. The van der Waals surface area contributed by atoms with E-state index in [0.717, 1.165) is 38.9 Å².